The molecule has 0 saturated carbocycles. The third kappa shape index (κ3) is 8.54. The molecule has 1 atom stereocenters. The Morgan fingerprint density at radius 1 is 1.23 bits per heavy atom. The lowest BCUT2D eigenvalue weighted by atomic mass is 10.1. The fraction of sp³-hybridized carbons (Fsp3) is 0.737. The molecule has 5 nitrogen and oxygen atoms in total. The summed E-state index contributed by atoms with van der Waals surface area (Å²) < 4.78 is 0. The summed E-state index contributed by atoms with van der Waals surface area (Å²) in [5.41, 5.74) is 0.150. The van der Waals surface area contributed by atoms with Gasteiger partial charge in [0.2, 0.25) is 0 Å². The topological polar surface area (TPSA) is 51.7 Å². The molecule has 0 spiro atoms. The maximum atomic E-state index is 4.88. The van der Waals surface area contributed by atoms with Crippen LogP contribution >= 0.6 is 35.3 Å². The Hall–Kier alpha value is -0.380. The number of halogens is 1. The summed E-state index contributed by atoms with van der Waals surface area (Å²) in [7, 11) is 0. The lowest BCUT2D eigenvalue weighted by Gasteiger charge is -2.25. The first-order chi connectivity index (χ1) is 12.0. The van der Waals surface area contributed by atoms with Gasteiger partial charge in [0, 0.05) is 30.1 Å². The molecule has 0 amide bonds. The number of rotatable bonds is 8. The van der Waals surface area contributed by atoms with Gasteiger partial charge >= 0.3 is 0 Å². The van der Waals surface area contributed by atoms with E-state index in [0.29, 0.717) is 6.04 Å². The van der Waals surface area contributed by atoms with Gasteiger partial charge in [-0.25, -0.2) is 0 Å². The molecule has 1 aliphatic heterocycles. The molecule has 26 heavy (non-hydrogen) atoms. The first-order valence-corrected chi connectivity index (χ1v) is 10.4. The largest absolute Gasteiger partial charge is 0.357 e. The van der Waals surface area contributed by atoms with Gasteiger partial charge in [-0.15, -0.1) is 35.3 Å². The minimum absolute atomic E-state index is 0. The highest BCUT2D eigenvalue weighted by molar-refractivity contribution is 14.0. The highest BCUT2D eigenvalue weighted by Gasteiger charge is 2.24. The summed E-state index contributed by atoms with van der Waals surface area (Å²) >= 11 is 1.85. The minimum atomic E-state index is 0. The zero-order valence-electron chi connectivity index (χ0n) is 16.7. The number of hydrogen-bond donors (Lipinski definition) is 3. The average molecular weight is 494 g/mol. The predicted octanol–water partition coefficient (Wildman–Crippen LogP) is 3.45. The van der Waals surface area contributed by atoms with Gasteiger partial charge in [-0.2, -0.15) is 0 Å². The molecule has 0 radical (unpaired) electrons. The van der Waals surface area contributed by atoms with E-state index in [9.17, 15) is 0 Å². The van der Waals surface area contributed by atoms with Crippen LogP contribution in [0.15, 0.2) is 22.5 Å². The van der Waals surface area contributed by atoms with Gasteiger partial charge in [-0.05, 0) is 65.1 Å². The molecule has 0 aromatic carbocycles. The number of nitrogens with one attached hydrogen (secondary N) is 3. The molecule has 2 rings (SSSR count). The van der Waals surface area contributed by atoms with Gasteiger partial charge in [0.15, 0.2) is 5.96 Å². The first kappa shape index (κ1) is 23.7. The molecule has 1 saturated heterocycles. The molecule has 3 N–H and O–H groups in total. The monoisotopic (exact) mass is 493 g/mol. The van der Waals surface area contributed by atoms with Gasteiger partial charge in [0.1, 0.15) is 0 Å². The lowest BCUT2D eigenvalue weighted by Crippen LogP contribution is -2.44. The molecular weight excluding hydrogens is 457 g/mol. The predicted molar refractivity (Wildman–Crippen MR) is 125 cm³/mol. The normalized spacial score (nSPS) is 17.0. The maximum Gasteiger partial charge on any atom is 0.191 e. The van der Waals surface area contributed by atoms with E-state index < -0.39 is 0 Å². The van der Waals surface area contributed by atoms with Crippen molar-refractivity contribution < 1.29 is 0 Å². The molecule has 1 aromatic heterocycles. The fourth-order valence-electron chi connectivity index (χ4n) is 3.06. The highest BCUT2D eigenvalue weighted by atomic mass is 127. The van der Waals surface area contributed by atoms with Gasteiger partial charge < -0.3 is 16.0 Å². The van der Waals surface area contributed by atoms with Crippen molar-refractivity contribution in [3.05, 3.63) is 22.4 Å². The Morgan fingerprint density at radius 2 is 1.96 bits per heavy atom. The van der Waals surface area contributed by atoms with Gasteiger partial charge in [-0.1, -0.05) is 6.07 Å². The van der Waals surface area contributed by atoms with Crippen LogP contribution in [0.4, 0.5) is 0 Å². The van der Waals surface area contributed by atoms with Crippen LogP contribution in [0.25, 0.3) is 0 Å². The van der Waals surface area contributed by atoms with E-state index in [-0.39, 0.29) is 29.5 Å². The van der Waals surface area contributed by atoms with Crippen LogP contribution in [0.3, 0.4) is 0 Å². The summed E-state index contributed by atoms with van der Waals surface area (Å²) in [5, 5.41) is 12.5. The zero-order chi connectivity index (χ0) is 18.1. The highest BCUT2D eigenvalue weighted by Crippen LogP contribution is 2.28. The molecule has 2 heterocycles. The van der Waals surface area contributed by atoms with E-state index in [1.54, 1.807) is 0 Å². The average Bonchev–Trinajstić information content (AvgIpc) is 3.24. The van der Waals surface area contributed by atoms with Crippen LogP contribution in [-0.4, -0.2) is 55.7 Å². The van der Waals surface area contributed by atoms with Gasteiger partial charge in [0.05, 0.1) is 12.6 Å². The van der Waals surface area contributed by atoms with E-state index in [0.717, 1.165) is 32.1 Å². The van der Waals surface area contributed by atoms with Crippen molar-refractivity contribution in [2.24, 2.45) is 4.99 Å². The van der Waals surface area contributed by atoms with Crippen molar-refractivity contribution in [1.29, 1.82) is 0 Å². The summed E-state index contributed by atoms with van der Waals surface area (Å²) in [6.07, 6.45) is 2.62. The molecule has 0 aliphatic carbocycles. The SMILES string of the molecule is CCNC(=NCC(c1cccs1)N1CCCC1)NCCNC(C)(C)C.I. The van der Waals surface area contributed by atoms with Crippen LogP contribution in [0.5, 0.6) is 0 Å². The van der Waals surface area contributed by atoms with Crippen molar-refractivity contribution in [2.45, 2.75) is 52.1 Å². The van der Waals surface area contributed by atoms with E-state index >= 15 is 0 Å². The van der Waals surface area contributed by atoms with Crippen LogP contribution < -0.4 is 16.0 Å². The van der Waals surface area contributed by atoms with E-state index in [1.807, 2.05) is 11.3 Å². The van der Waals surface area contributed by atoms with Crippen molar-refractivity contribution in [1.82, 2.24) is 20.9 Å². The van der Waals surface area contributed by atoms with E-state index in [2.05, 4.69) is 66.1 Å². The number of thiophene rings is 1. The summed E-state index contributed by atoms with van der Waals surface area (Å²) in [5.74, 6) is 0.916. The number of aliphatic imine (C=N–C) groups is 1. The quantitative estimate of drug-likeness (QED) is 0.225. The van der Waals surface area contributed by atoms with Crippen molar-refractivity contribution in [2.75, 3.05) is 39.3 Å². The molecule has 7 heteroatoms. The Balaban J connectivity index is 0.00000338. The number of hydrogen-bond acceptors (Lipinski definition) is 4. The Morgan fingerprint density at radius 3 is 2.54 bits per heavy atom. The Kier molecular flexibility index (Phi) is 11.1. The van der Waals surface area contributed by atoms with Crippen molar-refractivity contribution in [3.8, 4) is 0 Å². The number of nitrogens with zero attached hydrogens (tertiary/aromatic N) is 2. The summed E-state index contributed by atoms with van der Waals surface area (Å²) in [6.45, 7) is 14.5. The second-order valence-corrected chi connectivity index (χ2v) is 8.58. The number of guanidine groups is 1. The van der Waals surface area contributed by atoms with E-state index in [4.69, 9.17) is 4.99 Å². The molecule has 150 valence electrons. The first-order valence-electron chi connectivity index (χ1n) is 9.54. The Bertz CT molecular complexity index is 506. The summed E-state index contributed by atoms with van der Waals surface area (Å²) in [6, 6.07) is 4.80. The molecule has 1 fully saturated rings. The zero-order valence-corrected chi connectivity index (χ0v) is 19.8. The standard InChI is InChI=1S/C19H35N5S.HI/c1-5-20-18(21-10-11-23-19(2,3)4)22-15-16(17-9-8-14-25-17)24-12-6-7-13-24;/h8-9,14,16,23H,5-7,10-13,15H2,1-4H3,(H2,20,21,22);1H. The van der Waals surface area contributed by atoms with E-state index in [1.165, 1.54) is 30.8 Å². The maximum absolute atomic E-state index is 4.88. The fourth-order valence-corrected chi connectivity index (χ4v) is 3.91. The third-order valence-electron chi connectivity index (χ3n) is 4.29. The molecular formula is C19H36IN5S. The molecule has 1 unspecified atom stereocenters. The van der Waals surface area contributed by atoms with Gasteiger partial charge in [0.25, 0.3) is 0 Å². The molecule has 1 aliphatic rings. The van der Waals surface area contributed by atoms with Crippen LogP contribution in [0.1, 0.15) is 51.5 Å². The van der Waals surface area contributed by atoms with Crippen LogP contribution in [0.2, 0.25) is 0 Å². The lowest BCUT2D eigenvalue weighted by molar-refractivity contribution is 0.255. The number of likely N-dealkylation sites (tertiary alicyclic amines) is 1. The summed E-state index contributed by atoms with van der Waals surface area (Å²) in [4.78, 5) is 8.89. The second-order valence-electron chi connectivity index (χ2n) is 7.60. The smallest absolute Gasteiger partial charge is 0.191 e. The van der Waals surface area contributed by atoms with Gasteiger partial charge in [-0.3, -0.25) is 9.89 Å². The van der Waals surface area contributed by atoms with Crippen molar-refractivity contribution >= 4 is 41.3 Å². The molecule has 0 bridgehead atoms. The van der Waals surface area contributed by atoms with Crippen molar-refractivity contribution in [3.63, 3.8) is 0 Å². The van der Waals surface area contributed by atoms with Crippen LogP contribution in [-0.2, 0) is 0 Å². The third-order valence-corrected chi connectivity index (χ3v) is 5.27. The Labute approximate surface area is 180 Å². The second kappa shape index (κ2) is 12.2. The van der Waals surface area contributed by atoms with Crippen LogP contribution in [0, 0.1) is 0 Å². The molecule has 1 aromatic rings. The minimum Gasteiger partial charge on any atom is -0.357 e.